The number of methoxy groups -OCH3 is 1. The molecule has 1 aliphatic rings. The lowest BCUT2D eigenvalue weighted by Gasteiger charge is -2.23. The Kier molecular flexibility index (Phi) is 7.16. The molecule has 0 radical (unpaired) electrons. The van der Waals surface area contributed by atoms with Gasteiger partial charge in [0.1, 0.15) is 12.7 Å². The Labute approximate surface area is 173 Å². The molecule has 0 N–H and O–H groups in total. The molecule has 1 aliphatic heterocycles. The Morgan fingerprint density at radius 2 is 1.40 bits per heavy atom. The number of benzene rings is 2. The molecule has 2 aromatic rings. The van der Waals surface area contributed by atoms with Gasteiger partial charge in [-0.2, -0.15) is 0 Å². The van der Waals surface area contributed by atoms with E-state index in [1.54, 1.807) is 60.7 Å². The molecule has 3 rings (SSSR count). The van der Waals surface area contributed by atoms with Gasteiger partial charge < -0.3 is 23.7 Å². The predicted octanol–water partition coefficient (Wildman–Crippen LogP) is 2.37. The highest BCUT2D eigenvalue weighted by atomic mass is 16.7. The van der Waals surface area contributed by atoms with E-state index < -0.39 is 42.5 Å². The Morgan fingerprint density at radius 1 is 0.833 bits per heavy atom. The highest BCUT2D eigenvalue weighted by molar-refractivity contribution is 5.90. The lowest BCUT2D eigenvalue weighted by atomic mass is 10.1. The second kappa shape index (κ2) is 10.00. The van der Waals surface area contributed by atoms with Crippen molar-refractivity contribution < 1.29 is 38.1 Å². The Bertz CT molecular complexity index is 867. The highest BCUT2D eigenvalue weighted by Crippen LogP contribution is 2.29. The lowest BCUT2D eigenvalue weighted by molar-refractivity contribution is -0.179. The summed E-state index contributed by atoms with van der Waals surface area (Å²) in [4.78, 5) is 36.4. The number of hydrogen-bond donors (Lipinski definition) is 0. The molecule has 0 amide bonds. The van der Waals surface area contributed by atoms with E-state index in [0.29, 0.717) is 11.1 Å². The summed E-state index contributed by atoms with van der Waals surface area (Å²) in [6.07, 6.45) is -3.92. The average molecular weight is 414 g/mol. The molecule has 2 unspecified atom stereocenters. The molecule has 1 fully saturated rings. The van der Waals surface area contributed by atoms with E-state index in [-0.39, 0.29) is 6.61 Å². The minimum absolute atomic E-state index is 0.224. The highest BCUT2D eigenvalue weighted by Gasteiger charge is 2.50. The Hall–Kier alpha value is -3.23. The van der Waals surface area contributed by atoms with Gasteiger partial charge in [-0.25, -0.2) is 9.59 Å². The van der Waals surface area contributed by atoms with Gasteiger partial charge in [-0.15, -0.1) is 0 Å². The largest absolute Gasteiger partial charge is 0.459 e. The first-order chi connectivity index (χ1) is 14.5. The lowest BCUT2D eigenvalue weighted by Crippen LogP contribution is -2.42. The van der Waals surface area contributed by atoms with Crippen molar-refractivity contribution in [2.75, 3.05) is 13.7 Å². The summed E-state index contributed by atoms with van der Waals surface area (Å²) >= 11 is 0. The van der Waals surface area contributed by atoms with Crippen LogP contribution in [0.4, 0.5) is 0 Å². The number of hydrogen-bond acceptors (Lipinski definition) is 8. The maximum absolute atomic E-state index is 12.6. The van der Waals surface area contributed by atoms with Gasteiger partial charge in [-0.1, -0.05) is 36.4 Å². The Morgan fingerprint density at radius 3 is 1.93 bits per heavy atom. The van der Waals surface area contributed by atoms with Gasteiger partial charge in [0.05, 0.1) is 11.1 Å². The zero-order valence-electron chi connectivity index (χ0n) is 16.6. The monoisotopic (exact) mass is 414 g/mol. The van der Waals surface area contributed by atoms with Gasteiger partial charge in [0, 0.05) is 14.0 Å². The van der Waals surface area contributed by atoms with Gasteiger partial charge >= 0.3 is 17.9 Å². The molecule has 8 nitrogen and oxygen atoms in total. The first-order valence-electron chi connectivity index (χ1n) is 9.33. The van der Waals surface area contributed by atoms with Gasteiger partial charge in [-0.05, 0) is 24.3 Å². The van der Waals surface area contributed by atoms with Crippen LogP contribution in [0, 0.1) is 0 Å². The number of rotatable bonds is 7. The van der Waals surface area contributed by atoms with Crippen LogP contribution in [0.2, 0.25) is 0 Å². The first-order valence-corrected chi connectivity index (χ1v) is 9.33. The normalized spacial score (nSPS) is 22.9. The van der Waals surface area contributed by atoms with Crippen molar-refractivity contribution in [2.45, 2.75) is 31.5 Å². The molecule has 1 saturated heterocycles. The number of carbonyl (C=O) groups is 3. The third-order valence-corrected chi connectivity index (χ3v) is 4.44. The van der Waals surface area contributed by atoms with E-state index in [9.17, 15) is 14.4 Å². The van der Waals surface area contributed by atoms with Gasteiger partial charge in [0.15, 0.2) is 18.5 Å². The topological polar surface area (TPSA) is 97.4 Å². The number of ether oxygens (including phenoxy) is 5. The summed E-state index contributed by atoms with van der Waals surface area (Å²) < 4.78 is 27.1. The predicted molar refractivity (Wildman–Crippen MR) is 104 cm³/mol. The van der Waals surface area contributed by atoms with E-state index in [1.165, 1.54) is 14.0 Å². The van der Waals surface area contributed by atoms with Crippen molar-refractivity contribution in [1.29, 1.82) is 0 Å². The molecule has 0 aliphatic carbocycles. The molecular formula is C22H22O8. The smallest absolute Gasteiger partial charge is 0.338 e. The minimum atomic E-state index is -1.03. The van der Waals surface area contributed by atoms with Gasteiger partial charge in [0.2, 0.25) is 0 Å². The van der Waals surface area contributed by atoms with Crippen LogP contribution < -0.4 is 0 Å². The van der Waals surface area contributed by atoms with E-state index in [4.69, 9.17) is 23.7 Å². The molecule has 8 heteroatoms. The fourth-order valence-electron chi connectivity index (χ4n) is 3.06. The molecule has 4 atom stereocenters. The fourth-order valence-corrected chi connectivity index (χ4v) is 3.06. The quantitative estimate of drug-likeness (QED) is 0.503. The summed E-state index contributed by atoms with van der Waals surface area (Å²) in [5, 5.41) is 0. The summed E-state index contributed by atoms with van der Waals surface area (Å²) in [5.41, 5.74) is 0.688. The summed E-state index contributed by atoms with van der Waals surface area (Å²) in [6, 6.07) is 16.8. The molecule has 30 heavy (non-hydrogen) atoms. The standard InChI is InChI=1S/C22H22O8/c1-14(23)28-19-18(30-21(25)16-11-7-4-8-12-16)17(29-22(19)26-2)13-27-20(24)15-9-5-3-6-10-15/h3-12,17-19,22H,13H2,1-2H3/t17-,18?,19-,22?/m1/s1. The van der Waals surface area contributed by atoms with Crippen LogP contribution >= 0.6 is 0 Å². The molecule has 1 heterocycles. The zero-order chi connectivity index (χ0) is 21.5. The molecule has 0 bridgehead atoms. The maximum atomic E-state index is 12.6. The van der Waals surface area contributed by atoms with Crippen LogP contribution in [-0.2, 0) is 28.5 Å². The van der Waals surface area contributed by atoms with Crippen LogP contribution in [0.1, 0.15) is 27.6 Å². The van der Waals surface area contributed by atoms with Gasteiger partial charge in [-0.3, -0.25) is 4.79 Å². The van der Waals surface area contributed by atoms with Crippen molar-refractivity contribution in [3.05, 3.63) is 71.8 Å². The zero-order valence-corrected chi connectivity index (χ0v) is 16.6. The van der Waals surface area contributed by atoms with Crippen molar-refractivity contribution >= 4 is 17.9 Å². The van der Waals surface area contributed by atoms with Crippen molar-refractivity contribution in [2.24, 2.45) is 0 Å². The molecule has 0 spiro atoms. The third kappa shape index (κ3) is 5.22. The molecule has 158 valence electrons. The van der Waals surface area contributed by atoms with E-state index in [0.717, 1.165) is 0 Å². The third-order valence-electron chi connectivity index (χ3n) is 4.44. The van der Waals surface area contributed by atoms with E-state index >= 15 is 0 Å². The second-order valence-corrected chi connectivity index (χ2v) is 6.55. The molecule has 0 saturated carbocycles. The summed E-state index contributed by atoms with van der Waals surface area (Å²) in [5.74, 6) is -1.77. The first kappa shape index (κ1) is 21.5. The van der Waals surface area contributed by atoms with Crippen LogP contribution in [-0.4, -0.2) is 56.2 Å². The van der Waals surface area contributed by atoms with Crippen LogP contribution in [0.25, 0.3) is 0 Å². The van der Waals surface area contributed by atoms with Crippen molar-refractivity contribution in [3.8, 4) is 0 Å². The van der Waals surface area contributed by atoms with Gasteiger partial charge in [0.25, 0.3) is 0 Å². The van der Waals surface area contributed by atoms with E-state index in [2.05, 4.69) is 0 Å². The van der Waals surface area contributed by atoms with Crippen molar-refractivity contribution in [3.63, 3.8) is 0 Å². The Balaban J connectivity index is 1.75. The molecule has 0 aromatic heterocycles. The van der Waals surface area contributed by atoms with Crippen molar-refractivity contribution in [1.82, 2.24) is 0 Å². The van der Waals surface area contributed by atoms with E-state index in [1.807, 2.05) is 0 Å². The molecule has 2 aromatic carbocycles. The summed E-state index contributed by atoms with van der Waals surface area (Å²) in [7, 11) is 1.37. The summed E-state index contributed by atoms with van der Waals surface area (Å²) in [6.45, 7) is 1.00. The SMILES string of the molecule is COC1O[C@H](COC(=O)c2ccccc2)C(OC(=O)c2ccccc2)[C@H]1OC(C)=O. The molecular weight excluding hydrogens is 392 g/mol. The number of carbonyl (C=O) groups excluding carboxylic acids is 3. The maximum Gasteiger partial charge on any atom is 0.338 e. The number of esters is 3. The van der Waals surface area contributed by atoms with Crippen LogP contribution in [0.5, 0.6) is 0 Å². The minimum Gasteiger partial charge on any atom is -0.459 e. The van der Waals surface area contributed by atoms with Crippen LogP contribution in [0.15, 0.2) is 60.7 Å². The van der Waals surface area contributed by atoms with Crippen LogP contribution in [0.3, 0.4) is 0 Å². The average Bonchev–Trinajstić information content (AvgIpc) is 3.08. The second-order valence-electron chi connectivity index (χ2n) is 6.55. The fraction of sp³-hybridized carbons (Fsp3) is 0.318.